The minimum absolute atomic E-state index is 0.266. The van der Waals surface area contributed by atoms with Crippen molar-refractivity contribution < 1.29 is 14.3 Å². The molecule has 3 heterocycles. The van der Waals surface area contributed by atoms with Crippen LogP contribution in [-0.2, 0) is 35.3 Å². The monoisotopic (exact) mass is 491 g/mol. The number of carbonyl (C=O) groups excluding carboxylic acids is 2. The van der Waals surface area contributed by atoms with Crippen LogP contribution < -0.4 is 4.90 Å². The van der Waals surface area contributed by atoms with E-state index in [1.807, 2.05) is 60.7 Å². The van der Waals surface area contributed by atoms with Gasteiger partial charge in [0, 0.05) is 36.2 Å². The highest BCUT2D eigenvalue weighted by molar-refractivity contribution is 6.07. The Kier molecular flexibility index (Phi) is 6.18. The quantitative estimate of drug-likeness (QED) is 0.366. The largest absolute Gasteiger partial charge is 0.452 e. The molecule has 1 aromatic heterocycles. The summed E-state index contributed by atoms with van der Waals surface area (Å²) >= 11 is 0. The van der Waals surface area contributed by atoms with Gasteiger partial charge in [0.25, 0.3) is 5.91 Å². The van der Waals surface area contributed by atoms with Gasteiger partial charge in [-0.25, -0.2) is 4.79 Å². The minimum atomic E-state index is -0.474. The van der Waals surface area contributed by atoms with E-state index in [1.165, 1.54) is 0 Å². The fourth-order valence-corrected chi connectivity index (χ4v) is 5.56. The van der Waals surface area contributed by atoms with Crippen molar-refractivity contribution in [2.24, 2.45) is 0 Å². The standard InChI is InChI=1S/C31H29N3O3/c1-2-33-18-17-26-24(19-33)30(23-11-5-6-12-25(23)32-26)31(36)37-20-29(35)34-27-13-7-3-9-21(27)15-16-22-10-4-8-14-28(22)34/h3-14H,2,15-20H2,1H3. The summed E-state index contributed by atoms with van der Waals surface area (Å²) in [6.07, 6.45) is 2.48. The first-order chi connectivity index (χ1) is 18.1. The van der Waals surface area contributed by atoms with Gasteiger partial charge in [-0.2, -0.15) is 0 Å². The van der Waals surface area contributed by atoms with Crippen LogP contribution in [0.15, 0.2) is 72.8 Å². The van der Waals surface area contributed by atoms with Crippen LogP contribution in [0.3, 0.4) is 0 Å². The second kappa shape index (κ2) is 9.79. The van der Waals surface area contributed by atoms with E-state index in [0.29, 0.717) is 12.1 Å². The van der Waals surface area contributed by atoms with Gasteiger partial charge in [0.2, 0.25) is 0 Å². The number of aromatic nitrogens is 1. The number of esters is 1. The van der Waals surface area contributed by atoms with Gasteiger partial charge in [0.1, 0.15) is 0 Å². The summed E-state index contributed by atoms with van der Waals surface area (Å²) in [7, 11) is 0. The molecule has 6 heteroatoms. The summed E-state index contributed by atoms with van der Waals surface area (Å²) in [5.74, 6) is -0.741. The van der Waals surface area contributed by atoms with Gasteiger partial charge in [-0.3, -0.25) is 19.6 Å². The zero-order valence-electron chi connectivity index (χ0n) is 20.9. The number of benzene rings is 3. The van der Waals surface area contributed by atoms with Crippen molar-refractivity contribution in [2.75, 3.05) is 24.6 Å². The molecule has 37 heavy (non-hydrogen) atoms. The number of anilines is 2. The zero-order chi connectivity index (χ0) is 25.4. The topological polar surface area (TPSA) is 62.7 Å². The molecule has 0 aliphatic carbocycles. The molecule has 186 valence electrons. The molecule has 0 saturated carbocycles. The lowest BCUT2D eigenvalue weighted by molar-refractivity contribution is -0.120. The van der Waals surface area contributed by atoms with Crippen molar-refractivity contribution >= 4 is 34.2 Å². The molecule has 6 rings (SSSR count). The number of likely N-dealkylation sites (N-methyl/N-ethyl adjacent to an activating group) is 1. The Morgan fingerprint density at radius 3 is 2.22 bits per heavy atom. The maximum Gasteiger partial charge on any atom is 0.339 e. The molecule has 2 aliphatic rings. The van der Waals surface area contributed by atoms with Gasteiger partial charge in [-0.1, -0.05) is 61.5 Å². The highest BCUT2D eigenvalue weighted by atomic mass is 16.5. The van der Waals surface area contributed by atoms with E-state index in [4.69, 9.17) is 9.72 Å². The molecule has 0 spiro atoms. The summed E-state index contributed by atoms with van der Waals surface area (Å²) in [6, 6.07) is 23.6. The van der Waals surface area contributed by atoms with Gasteiger partial charge in [0.05, 0.1) is 22.5 Å². The molecule has 0 atom stereocenters. The lowest BCUT2D eigenvalue weighted by Gasteiger charge is -2.29. The van der Waals surface area contributed by atoms with Crippen molar-refractivity contribution in [1.29, 1.82) is 0 Å². The lowest BCUT2D eigenvalue weighted by Crippen LogP contribution is -2.34. The Morgan fingerprint density at radius 1 is 0.865 bits per heavy atom. The molecule has 0 radical (unpaired) electrons. The maximum atomic E-state index is 13.7. The molecule has 2 aliphatic heterocycles. The Bertz CT molecular complexity index is 1470. The normalized spacial score (nSPS) is 14.9. The molecule has 0 bridgehead atoms. The third kappa shape index (κ3) is 4.27. The fraction of sp³-hybridized carbons (Fsp3) is 0.258. The first-order valence-corrected chi connectivity index (χ1v) is 12.9. The van der Waals surface area contributed by atoms with Crippen LogP contribution in [0.1, 0.15) is 39.7 Å². The number of fused-ring (bicyclic) bond motifs is 4. The second-order valence-corrected chi connectivity index (χ2v) is 9.61. The van der Waals surface area contributed by atoms with Crippen LogP contribution in [0, 0.1) is 0 Å². The number of nitrogens with zero attached hydrogens (tertiary/aromatic N) is 3. The number of carbonyl (C=O) groups is 2. The van der Waals surface area contributed by atoms with E-state index in [9.17, 15) is 9.59 Å². The maximum absolute atomic E-state index is 13.7. The van der Waals surface area contributed by atoms with Crippen LogP contribution in [0.4, 0.5) is 11.4 Å². The number of pyridine rings is 1. The molecule has 3 aromatic carbocycles. The average molecular weight is 492 g/mol. The summed E-state index contributed by atoms with van der Waals surface area (Å²) in [5.41, 5.74) is 7.06. The van der Waals surface area contributed by atoms with Gasteiger partial charge in [-0.05, 0) is 48.7 Å². The average Bonchev–Trinajstić information content (AvgIpc) is 3.11. The van der Waals surface area contributed by atoms with E-state index in [0.717, 1.165) is 77.0 Å². The van der Waals surface area contributed by atoms with Crippen LogP contribution in [0.5, 0.6) is 0 Å². The molecule has 0 N–H and O–H groups in total. The van der Waals surface area contributed by atoms with Gasteiger partial charge in [-0.15, -0.1) is 0 Å². The van der Waals surface area contributed by atoms with Crippen molar-refractivity contribution in [1.82, 2.24) is 9.88 Å². The summed E-state index contributed by atoms with van der Waals surface area (Å²) in [6.45, 7) is 4.23. The third-order valence-corrected chi connectivity index (χ3v) is 7.48. The van der Waals surface area contributed by atoms with Gasteiger partial charge in [0.15, 0.2) is 6.61 Å². The zero-order valence-corrected chi connectivity index (χ0v) is 20.9. The Morgan fingerprint density at radius 2 is 1.51 bits per heavy atom. The lowest BCUT2D eigenvalue weighted by atomic mass is 9.96. The number of para-hydroxylation sites is 3. The highest BCUT2D eigenvalue weighted by Gasteiger charge is 2.29. The number of hydrogen-bond donors (Lipinski definition) is 0. The molecule has 4 aromatic rings. The highest BCUT2D eigenvalue weighted by Crippen LogP contribution is 2.36. The molecular weight excluding hydrogens is 462 g/mol. The Balaban J connectivity index is 1.33. The summed E-state index contributed by atoms with van der Waals surface area (Å²) in [5, 5.41) is 0.766. The van der Waals surface area contributed by atoms with Crippen molar-refractivity contribution in [2.45, 2.75) is 32.7 Å². The predicted molar refractivity (Wildman–Crippen MR) is 144 cm³/mol. The van der Waals surface area contributed by atoms with E-state index in [1.54, 1.807) is 4.90 Å². The van der Waals surface area contributed by atoms with Gasteiger partial charge < -0.3 is 4.74 Å². The van der Waals surface area contributed by atoms with Crippen molar-refractivity contribution in [3.05, 3.63) is 101 Å². The van der Waals surface area contributed by atoms with Crippen LogP contribution >= 0.6 is 0 Å². The van der Waals surface area contributed by atoms with Crippen molar-refractivity contribution in [3.63, 3.8) is 0 Å². The second-order valence-electron chi connectivity index (χ2n) is 9.61. The summed E-state index contributed by atoms with van der Waals surface area (Å²) < 4.78 is 5.78. The predicted octanol–water partition coefficient (Wildman–Crippen LogP) is 5.23. The van der Waals surface area contributed by atoms with Gasteiger partial charge >= 0.3 is 5.97 Å². The Hall–Kier alpha value is -4.03. The smallest absolute Gasteiger partial charge is 0.339 e. The number of hydrogen-bond acceptors (Lipinski definition) is 5. The fourth-order valence-electron chi connectivity index (χ4n) is 5.56. The van der Waals surface area contributed by atoms with E-state index in [-0.39, 0.29) is 12.5 Å². The molecule has 6 nitrogen and oxygen atoms in total. The first-order valence-electron chi connectivity index (χ1n) is 12.9. The molecule has 0 unspecified atom stereocenters. The first kappa shape index (κ1) is 23.4. The minimum Gasteiger partial charge on any atom is -0.452 e. The SMILES string of the molecule is CCN1CCc2nc3ccccc3c(C(=O)OCC(=O)N3c4ccccc4CCc4ccccc43)c2C1. The molecular formula is C31H29N3O3. The number of amides is 1. The van der Waals surface area contributed by atoms with E-state index < -0.39 is 5.97 Å². The van der Waals surface area contributed by atoms with Crippen LogP contribution in [-0.4, -0.2) is 41.5 Å². The third-order valence-electron chi connectivity index (χ3n) is 7.48. The number of rotatable bonds is 4. The Labute approximate surface area is 216 Å². The molecule has 1 amide bonds. The summed E-state index contributed by atoms with van der Waals surface area (Å²) in [4.78, 5) is 36.2. The van der Waals surface area contributed by atoms with Crippen LogP contribution in [0.25, 0.3) is 10.9 Å². The number of ether oxygens (including phenoxy) is 1. The molecule has 0 saturated heterocycles. The number of aryl methyl sites for hydroxylation is 2. The molecule has 0 fully saturated rings. The van der Waals surface area contributed by atoms with E-state index >= 15 is 0 Å². The van der Waals surface area contributed by atoms with Crippen LogP contribution in [0.2, 0.25) is 0 Å². The van der Waals surface area contributed by atoms with Crippen molar-refractivity contribution in [3.8, 4) is 0 Å². The van der Waals surface area contributed by atoms with E-state index in [2.05, 4.69) is 24.0 Å².